The van der Waals surface area contributed by atoms with Crippen molar-refractivity contribution in [2.45, 2.75) is 288 Å². The van der Waals surface area contributed by atoms with E-state index >= 15 is 0 Å². The topological polar surface area (TPSA) is 135 Å². The zero-order valence-corrected chi connectivity index (χ0v) is 39.9. The molecule has 6 unspecified atom stereocenters. The van der Waals surface area contributed by atoms with Crippen LogP contribution in [0.5, 0.6) is 0 Å². The first-order valence-electron chi connectivity index (χ1n) is 26.3. The Morgan fingerprint density at radius 3 is 1.33 bits per heavy atom. The van der Waals surface area contributed by atoms with Crippen LogP contribution in [-0.4, -0.2) is 89.6 Å². The van der Waals surface area contributed by atoms with Crippen LogP contribution in [0, 0.1) is 0 Å². The Labute approximate surface area is 375 Å². The fourth-order valence-electron chi connectivity index (χ4n) is 8.31. The summed E-state index contributed by atoms with van der Waals surface area (Å²) in [5.41, 5.74) is 0. The Balaban J connectivity index is 2.14. The minimum atomic E-state index is -1.53. The van der Waals surface area contributed by atoms with Gasteiger partial charge < -0.3 is 39.4 Å². The molecule has 0 aliphatic carbocycles. The van der Waals surface area contributed by atoms with E-state index in [9.17, 15) is 25.2 Å². The maximum Gasteiger partial charge on any atom is 0.306 e. The molecule has 9 nitrogen and oxygen atoms in total. The molecule has 1 saturated heterocycles. The van der Waals surface area contributed by atoms with E-state index in [2.05, 4.69) is 26.0 Å². The third-order valence-electron chi connectivity index (χ3n) is 12.4. The quantitative estimate of drug-likeness (QED) is 0.0268. The lowest BCUT2D eigenvalue weighted by Crippen LogP contribution is -2.59. The highest BCUT2D eigenvalue weighted by Crippen LogP contribution is 2.23. The summed E-state index contributed by atoms with van der Waals surface area (Å²) < 4.78 is 22.9. The number of esters is 1. The predicted octanol–water partition coefficient (Wildman–Crippen LogP) is 12.8. The van der Waals surface area contributed by atoms with Crippen LogP contribution in [0.25, 0.3) is 0 Å². The number of hydrogen-bond donors (Lipinski definition) is 4. The van der Waals surface area contributed by atoms with Gasteiger partial charge in [0, 0.05) is 13.0 Å². The highest BCUT2D eigenvalue weighted by Gasteiger charge is 2.44. The second-order valence-corrected chi connectivity index (χ2v) is 18.3. The lowest BCUT2D eigenvalue weighted by molar-refractivity contribution is -0.305. The number of aliphatic hydroxyl groups excluding tert-OH is 4. The van der Waals surface area contributed by atoms with Crippen LogP contribution in [-0.2, 0) is 23.7 Å². The number of carbonyl (C=O) groups is 1. The van der Waals surface area contributed by atoms with Crippen molar-refractivity contribution in [1.82, 2.24) is 0 Å². The molecule has 0 amide bonds. The second kappa shape index (κ2) is 44.1. The van der Waals surface area contributed by atoms with Gasteiger partial charge in [-0.1, -0.05) is 219 Å². The molecule has 9 heteroatoms. The number of rotatable bonds is 46. The predicted molar refractivity (Wildman–Crippen MR) is 252 cm³/mol. The summed E-state index contributed by atoms with van der Waals surface area (Å²) in [5.74, 6) is -0.317. The van der Waals surface area contributed by atoms with Gasteiger partial charge >= 0.3 is 5.97 Å². The van der Waals surface area contributed by atoms with Crippen LogP contribution < -0.4 is 0 Å². The summed E-state index contributed by atoms with van der Waals surface area (Å²) in [7, 11) is 0. The Morgan fingerprint density at radius 1 is 0.508 bits per heavy atom. The van der Waals surface area contributed by atoms with Crippen molar-refractivity contribution < 1.29 is 44.2 Å². The number of hydrogen-bond acceptors (Lipinski definition) is 9. The average molecular weight is 869 g/mol. The molecule has 4 N–H and O–H groups in total. The molecule has 1 fully saturated rings. The molecule has 0 aromatic carbocycles. The molecule has 0 bridgehead atoms. The lowest BCUT2D eigenvalue weighted by atomic mass is 9.99. The van der Waals surface area contributed by atoms with Crippen molar-refractivity contribution in [2.75, 3.05) is 26.4 Å². The molecule has 362 valence electrons. The standard InChI is InChI=1S/C52H100O9/c1-3-5-7-9-11-13-15-17-19-20-21-22-23-24-25-26-27-28-30-32-34-36-38-40-42-58-44-46(45-59-52-51(57)50(56)49(55)47(43-53)61-52)60-48(54)41-39-37-35-33-31-29-18-16-14-12-10-8-6-4-2/h16,18,46-47,49-53,55-57H,3-15,17,19-45H2,1-2H3/b18-16-. The molecule has 0 aromatic heterocycles. The first kappa shape index (κ1) is 57.9. The van der Waals surface area contributed by atoms with Crippen LogP contribution in [0.3, 0.4) is 0 Å². The molecule has 1 heterocycles. The van der Waals surface area contributed by atoms with E-state index in [1.165, 1.54) is 186 Å². The molecular weight excluding hydrogens is 769 g/mol. The van der Waals surface area contributed by atoms with Gasteiger partial charge in [0.2, 0.25) is 0 Å². The molecule has 6 atom stereocenters. The summed E-state index contributed by atoms with van der Waals surface area (Å²) in [5, 5.41) is 40.2. The van der Waals surface area contributed by atoms with Crippen LogP contribution in [0.1, 0.15) is 251 Å². The fraction of sp³-hybridized carbons (Fsp3) is 0.942. The summed E-state index contributed by atoms with van der Waals surface area (Å²) in [6.45, 7) is 4.59. The van der Waals surface area contributed by atoms with E-state index in [-0.39, 0.29) is 19.2 Å². The smallest absolute Gasteiger partial charge is 0.306 e. The largest absolute Gasteiger partial charge is 0.457 e. The Bertz CT molecular complexity index is 946. The molecule has 0 saturated carbocycles. The number of aliphatic hydroxyl groups is 4. The SMILES string of the molecule is CCCCCCC/C=C\CCCCCCCC(=O)OC(COCCCCCCCCCCCCCCCCCCCCCCCCCC)COC1OC(CO)C(O)C(O)C1O. The van der Waals surface area contributed by atoms with Crippen LogP contribution in [0.15, 0.2) is 12.2 Å². The Morgan fingerprint density at radius 2 is 0.902 bits per heavy atom. The number of ether oxygens (including phenoxy) is 4. The molecule has 1 aliphatic heterocycles. The molecule has 61 heavy (non-hydrogen) atoms. The minimum Gasteiger partial charge on any atom is -0.457 e. The highest BCUT2D eigenvalue weighted by molar-refractivity contribution is 5.69. The third-order valence-corrected chi connectivity index (χ3v) is 12.4. The van der Waals surface area contributed by atoms with E-state index in [0.717, 1.165) is 44.9 Å². The zero-order valence-electron chi connectivity index (χ0n) is 39.9. The van der Waals surface area contributed by atoms with Gasteiger partial charge in [0.05, 0.1) is 19.8 Å². The molecule has 0 radical (unpaired) electrons. The van der Waals surface area contributed by atoms with Gasteiger partial charge in [-0.3, -0.25) is 4.79 Å². The monoisotopic (exact) mass is 869 g/mol. The lowest BCUT2D eigenvalue weighted by Gasteiger charge is -2.39. The van der Waals surface area contributed by atoms with Crippen molar-refractivity contribution in [2.24, 2.45) is 0 Å². The van der Waals surface area contributed by atoms with Crippen molar-refractivity contribution in [3.05, 3.63) is 12.2 Å². The van der Waals surface area contributed by atoms with Gasteiger partial charge in [-0.2, -0.15) is 0 Å². The maximum atomic E-state index is 12.8. The third kappa shape index (κ3) is 34.9. The fourth-order valence-corrected chi connectivity index (χ4v) is 8.31. The second-order valence-electron chi connectivity index (χ2n) is 18.3. The summed E-state index contributed by atoms with van der Waals surface area (Å²) in [4.78, 5) is 12.8. The van der Waals surface area contributed by atoms with Crippen molar-refractivity contribution in [1.29, 1.82) is 0 Å². The van der Waals surface area contributed by atoms with Crippen LogP contribution in [0.2, 0.25) is 0 Å². The molecule has 1 rings (SSSR count). The van der Waals surface area contributed by atoms with Crippen molar-refractivity contribution in [3.63, 3.8) is 0 Å². The van der Waals surface area contributed by atoms with Crippen LogP contribution in [0.4, 0.5) is 0 Å². The van der Waals surface area contributed by atoms with E-state index in [4.69, 9.17) is 18.9 Å². The normalized spacial score (nSPS) is 19.9. The average Bonchev–Trinajstić information content (AvgIpc) is 3.26. The Hall–Kier alpha value is -1.07. The van der Waals surface area contributed by atoms with E-state index < -0.39 is 43.4 Å². The summed E-state index contributed by atoms with van der Waals surface area (Å²) >= 11 is 0. The number of carbonyl (C=O) groups excluding carboxylic acids is 1. The van der Waals surface area contributed by atoms with Gasteiger partial charge in [0.25, 0.3) is 0 Å². The van der Waals surface area contributed by atoms with E-state index in [1.54, 1.807) is 0 Å². The molecule has 0 spiro atoms. The van der Waals surface area contributed by atoms with Crippen LogP contribution >= 0.6 is 0 Å². The summed E-state index contributed by atoms with van der Waals surface area (Å²) in [6, 6.07) is 0. The van der Waals surface area contributed by atoms with Gasteiger partial charge in [-0.25, -0.2) is 0 Å². The maximum absolute atomic E-state index is 12.8. The van der Waals surface area contributed by atoms with Gasteiger partial charge in [-0.05, 0) is 38.5 Å². The minimum absolute atomic E-state index is 0.111. The first-order chi connectivity index (χ1) is 29.9. The summed E-state index contributed by atoms with van der Waals surface area (Å²) in [6.07, 6.45) is 44.0. The Kier molecular flexibility index (Phi) is 41.9. The van der Waals surface area contributed by atoms with E-state index in [1.807, 2.05) is 0 Å². The van der Waals surface area contributed by atoms with Crippen molar-refractivity contribution in [3.8, 4) is 0 Å². The van der Waals surface area contributed by atoms with Crippen molar-refractivity contribution >= 4 is 5.97 Å². The molecule has 0 aromatic rings. The molecular formula is C52H100O9. The molecule has 1 aliphatic rings. The first-order valence-corrected chi connectivity index (χ1v) is 26.3. The van der Waals surface area contributed by atoms with Gasteiger partial charge in [0.15, 0.2) is 6.29 Å². The zero-order chi connectivity index (χ0) is 44.3. The van der Waals surface area contributed by atoms with Gasteiger partial charge in [-0.15, -0.1) is 0 Å². The van der Waals surface area contributed by atoms with Gasteiger partial charge in [0.1, 0.15) is 30.5 Å². The highest BCUT2D eigenvalue weighted by atomic mass is 16.7. The number of unbranched alkanes of at least 4 members (excludes halogenated alkanes) is 33. The number of allylic oxidation sites excluding steroid dienone is 2. The van der Waals surface area contributed by atoms with E-state index in [0.29, 0.717) is 13.0 Å².